The summed E-state index contributed by atoms with van der Waals surface area (Å²) < 4.78 is 28.0. The molecule has 0 spiro atoms. The molecule has 2 heterocycles. The average molecular weight is 364 g/mol. The van der Waals surface area contributed by atoms with Crippen molar-refractivity contribution >= 4 is 11.9 Å². The first-order valence-electron chi connectivity index (χ1n) is 8.70. The Morgan fingerprint density at radius 1 is 1.15 bits per heavy atom. The molecule has 2 fully saturated rings. The first-order valence-corrected chi connectivity index (χ1v) is 8.70. The van der Waals surface area contributed by atoms with Crippen LogP contribution in [0.5, 0.6) is 0 Å². The summed E-state index contributed by atoms with van der Waals surface area (Å²) in [5, 5.41) is 0. The number of rotatable bonds is 6. The summed E-state index contributed by atoms with van der Waals surface area (Å²) in [6.45, 7) is 5.72. The third-order valence-electron chi connectivity index (χ3n) is 4.50. The summed E-state index contributed by atoms with van der Waals surface area (Å²) in [5.41, 5.74) is -0.409. The number of benzene rings is 1. The van der Waals surface area contributed by atoms with Crippen molar-refractivity contribution < 1.29 is 33.3 Å². The van der Waals surface area contributed by atoms with E-state index in [0.717, 1.165) is 0 Å². The number of ether oxygens (including phenoxy) is 5. The lowest BCUT2D eigenvalue weighted by atomic mass is 9.81. The molecule has 7 heteroatoms. The summed E-state index contributed by atoms with van der Waals surface area (Å²) >= 11 is 0. The van der Waals surface area contributed by atoms with Gasteiger partial charge in [0.1, 0.15) is 12.7 Å². The van der Waals surface area contributed by atoms with E-state index in [4.69, 9.17) is 23.7 Å². The maximum absolute atomic E-state index is 12.3. The van der Waals surface area contributed by atoms with E-state index in [9.17, 15) is 9.59 Å². The molecule has 1 aromatic rings. The topological polar surface area (TPSA) is 80.3 Å². The molecule has 0 unspecified atom stereocenters. The van der Waals surface area contributed by atoms with Crippen LogP contribution in [0.2, 0.25) is 0 Å². The van der Waals surface area contributed by atoms with Crippen molar-refractivity contribution in [3.8, 4) is 0 Å². The number of hydrogen-bond donors (Lipinski definition) is 0. The first kappa shape index (κ1) is 18.8. The Morgan fingerprint density at radius 3 is 2.58 bits per heavy atom. The van der Waals surface area contributed by atoms with Crippen LogP contribution >= 0.6 is 0 Å². The minimum absolute atomic E-state index is 0.0174. The summed E-state index contributed by atoms with van der Waals surface area (Å²) in [4.78, 5) is 24.5. The van der Waals surface area contributed by atoms with Gasteiger partial charge in [0.15, 0.2) is 12.1 Å². The minimum Gasteiger partial charge on any atom is -0.466 e. The normalized spacial score (nSPS) is 29.2. The van der Waals surface area contributed by atoms with Gasteiger partial charge in [-0.2, -0.15) is 0 Å². The van der Waals surface area contributed by atoms with Gasteiger partial charge in [0.25, 0.3) is 0 Å². The Bertz CT molecular complexity index is 657. The smallest absolute Gasteiger partial charge is 0.338 e. The zero-order chi connectivity index (χ0) is 18.8. The third kappa shape index (κ3) is 3.90. The zero-order valence-electron chi connectivity index (χ0n) is 15.2. The highest BCUT2D eigenvalue weighted by atomic mass is 16.8. The summed E-state index contributed by atoms with van der Waals surface area (Å²) in [6.07, 6.45) is -1.11. The second-order valence-corrected chi connectivity index (χ2v) is 7.02. The van der Waals surface area contributed by atoms with Gasteiger partial charge in [-0.05, 0) is 32.9 Å². The van der Waals surface area contributed by atoms with E-state index in [0.29, 0.717) is 5.56 Å². The lowest BCUT2D eigenvalue weighted by molar-refractivity contribution is -0.207. The molecule has 1 aromatic carbocycles. The lowest BCUT2D eigenvalue weighted by Crippen LogP contribution is -2.44. The lowest BCUT2D eigenvalue weighted by Gasteiger charge is -2.32. The fraction of sp³-hybridized carbons (Fsp3) is 0.579. The molecular weight excluding hydrogens is 340 g/mol. The fourth-order valence-corrected chi connectivity index (χ4v) is 3.29. The molecule has 7 nitrogen and oxygen atoms in total. The predicted molar refractivity (Wildman–Crippen MR) is 90.2 cm³/mol. The number of fused-ring (bicyclic) bond motifs is 1. The van der Waals surface area contributed by atoms with Gasteiger partial charge in [-0.1, -0.05) is 18.2 Å². The molecule has 142 valence electrons. The van der Waals surface area contributed by atoms with Crippen LogP contribution in [0.3, 0.4) is 0 Å². The van der Waals surface area contributed by atoms with Crippen LogP contribution in [-0.4, -0.2) is 49.9 Å². The van der Waals surface area contributed by atoms with E-state index in [1.807, 2.05) is 6.07 Å². The summed E-state index contributed by atoms with van der Waals surface area (Å²) in [7, 11) is 0. The third-order valence-corrected chi connectivity index (χ3v) is 4.50. The Balaban J connectivity index is 1.76. The molecule has 0 amide bonds. The number of carbonyl (C=O) groups is 2. The van der Waals surface area contributed by atoms with E-state index in [1.54, 1.807) is 45.0 Å². The van der Waals surface area contributed by atoms with Gasteiger partial charge in [-0.25, -0.2) is 4.79 Å². The number of esters is 2. The van der Waals surface area contributed by atoms with Crippen molar-refractivity contribution in [3.05, 3.63) is 35.9 Å². The van der Waals surface area contributed by atoms with Crippen LogP contribution in [0, 0.1) is 5.41 Å². The molecule has 0 saturated carbocycles. The van der Waals surface area contributed by atoms with Crippen molar-refractivity contribution in [2.75, 3.05) is 19.8 Å². The van der Waals surface area contributed by atoms with Crippen molar-refractivity contribution in [2.45, 2.75) is 45.4 Å². The molecule has 0 aliphatic carbocycles. The highest BCUT2D eigenvalue weighted by Gasteiger charge is 2.60. The van der Waals surface area contributed by atoms with E-state index in [1.165, 1.54) is 0 Å². The molecule has 0 bridgehead atoms. The largest absolute Gasteiger partial charge is 0.466 e. The molecule has 2 saturated heterocycles. The van der Waals surface area contributed by atoms with Crippen LogP contribution in [-0.2, 0) is 28.5 Å². The molecule has 2 aliphatic heterocycles. The summed E-state index contributed by atoms with van der Waals surface area (Å²) in [6, 6.07) is 8.69. The molecule has 0 aromatic heterocycles. The fourth-order valence-electron chi connectivity index (χ4n) is 3.29. The highest BCUT2D eigenvalue weighted by molar-refractivity contribution is 5.89. The monoisotopic (exact) mass is 364 g/mol. The second-order valence-electron chi connectivity index (χ2n) is 7.02. The van der Waals surface area contributed by atoms with Gasteiger partial charge >= 0.3 is 11.9 Å². The number of hydrogen-bond acceptors (Lipinski definition) is 7. The van der Waals surface area contributed by atoms with Crippen LogP contribution in [0.15, 0.2) is 30.3 Å². The molecular formula is C19H24O7. The van der Waals surface area contributed by atoms with Crippen molar-refractivity contribution in [1.29, 1.82) is 0 Å². The highest BCUT2D eigenvalue weighted by Crippen LogP contribution is 2.46. The van der Waals surface area contributed by atoms with Gasteiger partial charge in [-0.15, -0.1) is 0 Å². The van der Waals surface area contributed by atoms with E-state index < -0.39 is 29.6 Å². The predicted octanol–water partition coefficient (Wildman–Crippen LogP) is 2.29. The molecule has 26 heavy (non-hydrogen) atoms. The second kappa shape index (κ2) is 7.34. The Hall–Kier alpha value is -1.96. The van der Waals surface area contributed by atoms with Crippen LogP contribution in [0.1, 0.15) is 37.6 Å². The van der Waals surface area contributed by atoms with Gasteiger partial charge in [0, 0.05) is 0 Å². The molecule has 3 rings (SSSR count). The van der Waals surface area contributed by atoms with Crippen LogP contribution in [0.4, 0.5) is 0 Å². The van der Waals surface area contributed by atoms with Crippen molar-refractivity contribution in [2.24, 2.45) is 5.41 Å². The van der Waals surface area contributed by atoms with Crippen LogP contribution in [0.25, 0.3) is 0 Å². The van der Waals surface area contributed by atoms with Crippen molar-refractivity contribution in [3.63, 3.8) is 0 Å². The van der Waals surface area contributed by atoms with Crippen LogP contribution < -0.4 is 0 Å². The van der Waals surface area contributed by atoms with Crippen molar-refractivity contribution in [1.82, 2.24) is 0 Å². The SMILES string of the molecule is CCOC(=O)C[C@]1(COC(=O)c2ccccc2)CO[C@@H]2OC(C)(C)O[C@@H]21. The van der Waals surface area contributed by atoms with E-state index in [-0.39, 0.29) is 32.2 Å². The van der Waals surface area contributed by atoms with Gasteiger partial charge in [0.05, 0.1) is 30.6 Å². The van der Waals surface area contributed by atoms with E-state index in [2.05, 4.69) is 0 Å². The standard InChI is InChI=1S/C19H24O7/c1-4-22-14(20)10-19(11-23-16(21)13-8-6-5-7-9-13)12-24-17-15(19)25-18(2,3)26-17/h5-9,15,17H,4,10-12H2,1-3H3/t15-,17+,19-/m0/s1. The molecule has 3 atom stereocenters. The van der Waals surface area contributed by atoms with Gasteiger partial charge < -0.3 is 23.7 Å². The molecule has 0 N–H and O–H groups in total. The first-order chi connectivity index (χ1) is 12.4. The molecule has 2 aliphatic rings. The van der Waals surface area contributed by atoms with E-state index >= 15 is 0 Å². The van der Waals surface area contributed by atoms with Gasteiger partial charge in [-0.3, -0.25) is 4.79 Å². The molecule has 0 radical (unpaired) electrons. The average Bonchev–Trinajstić information content (AvgIpc) is 3.08. The number of carbonyl (C=O) groups excluding carboxylic acids is 2. The maximum atomic E-state index is 12.3. The minimum atomic E-state index is -0.852. The zero-order valence-corrected chi connectivity index (χ0v) is 15.2. The maximum Gasteiger partial charge on any atom is 0.338 e. The Morgan fingerprint density at radius 2 is 1.88 bits per heavy atom. The quantitative estimate of drug-likeness (QED) is 0.717. The Labute approximate surface area is 152 Å². The van der Waals surface area contributed by atoms with Gasteiger partial charge in [0.2, 0.25) is 0 Å². The summed E-state index contributed by atoms with van der Waals surface area (Å²) in [5.74, 6) is -1.68. The Kier molecular flexibility index (Phi) is 5.32.